The van der Waals surface area contributed by atoms with Crippen molar-refractivity contribution in [2.24, 2.45) is 59.2 Å². The van der Waals surface area contributed by atoms with E-state index in [1.165, 1.54) is 0 Å². The molecule has 6 rings (SSSR count). The van der Waals surface area contributed by atoms with Crippen LogP contribution in [0, 0.1) is 59.2 Å². The molecule has 0 radical (unpaired) electrons. The van der Waals surface area contributed by atoms with Crippen molar-refractivity contribution in [1.82, 2.24) is 0 Å². The lowest BCUT2D eigenvalue weighted by Gasteiger charge is -2.25. The first-order valence-corrected chi connectivity index (χ1v) is 8.20. The fourth-order valence-electron chi connectivity index (χ4n) is 7.16. The molecule has 102 valence electrons. The molecule has 2 heteroatoms. The third-order valence-corrected chi connectivity index (χ3v) is 7.57. The van der Waals surface area contributed by atoms with Gasteiger partial charge in [0.1, 0.15) is 11.6 Å². The Morgan fingerprint density at radius 1 is 0.600 bits per heavy atom. The normalized spacial score (nSPS) is 63.4. The molecule has 0 aromatic heterocycles. The van der Waals surface area contributed by atoms with Gasteiger partial charge in [-0.1, -0.05) is 24.3 Å². The first-order chi connectivity index (χ1) is 9.75. The highest BCUT2D eigenvalue weighted by atomic mass is 16.1. The van der Waals surface area contributed by atoms with E-state index in [1.807, 2.05) is 0 Å². The molecule has 10 atom stereocenters. The summed E-state index contributed by atoms with van der Waals surface area (Å²) < 4.78 is 0. The van der Waals surface area contributed by atoms with Gasteiger partial charge in [-0.3, -0.25) is 9.59 Å². The van der Waals surface area contributed by atoms with Gasteiger partial charge in [-0.15, -0.1) is 0 Å². The van der Waals surface area contributed by atoms with E-state index in [4.69, 9.17) is 0 Å². The van der Waals surface area contributed by atoms with Crippen LogP contribution in [0.4, 0.5) is 0 Å². The molecule has 0 spiro atoms. The quantitative estimate of drug-likeness (QED) is 0.630. The molecule has 2 nitrogen and oxygen atoms in total. The number of carbonyl (C=O) groups excluding carboxylic acids is 2. The van der Waals surface area contributed by atoms with E-state index in [1.54, 1.807) is 0 Å². The van der Waals surface area contributed by atoms with E-state index >= 15 is 0 Å². The lowest BCUT2D eigenvalue weighted by molar-refractivity contribution is -0.127. The van der Waals surface area contributed by atoms with Crippen molar-refractivity contribution in [2.75, 3.05) is 0 Å². The molecular weight excluding hydrogens is 248 g/mol. The Bertz CT molecular complexity index is 561. The number of rotatable bonds is 0. The van der Waals surface area contributed by atoms with E-state index < -0.39 is 0 Å². The number of fused-ring (bicyclic) bond motifs is 13. The van der Waals surface area contributed by atoms with Gasteiger partial charge in [0.2, 0.25) is 0 Å². The molecule has 6 aliphatic rings. The first kappa shape index (κ1) is 10.5. The summed E-state index contributed by atoms with van der Waals surface area (Å²) in [4.78, 5) is 26.0. The van der Waals surface area contributed by atoms with Crippen molar-refractivity contribution >= 4 is 11.6 Å². The minimum atomic E-state index is 0.0904. The summed E-state index contributed by atoms with van der Waals surface area (Å²) in [6.45, 7) is 0. The summed E-state index contributed by atoms with van der Waals surface area (Å²) in [5, 5.41) is 0. The second-order valence-corrected chi connectivity index (χ2v) is 7.96. The number of allylic oxidation sites excluding steroid dienone is 4. The molecule has 4 bridgehead atoms. The van der Waals surface area contributed by atoms with Crippen molar-refractivity contribution in [1.29, 1.82) is 0 Å². The molecule has 4 fully saturated rings. The predicted octanol–water partition coefficient (Wildman–Crippen LogP) is 2.26. The number of Topliss-reactive ketones (excluding diaryl/α,β-unsaturated/α-hetero) is 2. The monoisotopic (exact) mass is 266 g/mol. The molecule has 4 saturated carbocycles. The summed E-state index contributed by atoms with van der Waals surface area (Å²) in [5.41, 5.74) is 0. The van der Waals surface area contributed by atoms with Crippen LogP contribution in [0.25, 0.3) is 0 Å². The average molecular weight is 266 g/mol. The van der Waals surface area contributed by atoms with Crippen LogP contribution in [0.3, 0.4) is 0 Å². The smallest absolute Gasteiger partial charge is 0.141 e. The Morgan fingerprint density at radius 2 is 1.00 bits per heavy atom. The molecule has 0 N–H and O–H groups in total. The van der Waals surface area contributed by atoms with Crippen LogP contribution in [-0.4, -0.2) is 11.6 Å². The van der Waals surface area contributed by atoms with E-state index in [9.17, 15) is 9.59 Å². The van der Waals surface area contributed by atoms with Crippen molar-refractivity contribution < 1.29 is 9.59 Å². The highest BCUT2D eigenvalue weighted by molar-refractivity contribution is 6.01. The molecular formula is C18H18O2. The molecule has 0 heterocycles. The van der Waals surface area contributed by atoms with Crippen molar-refractivity contribution in [2.45, 2.75) is 12.8 Å². The fraction of sp³-hybridized carbons (Fsp3) is 0.667. The van der Waals surface area contributed by atoms with Crippen LogP contribution < -0.4 is 0 Å². The predicted molar refractivity (Wildman–Crippen MR) is 72.4 cm³/mol. The van der Waals surface area contributed by atoms with Gasteiger partial charge in [-0.2, -0.15) is 0 Å². The van der Waals surface area contributed by atoms with Gasteiger partial charge in [0.25, 0.3) is 0 Å². The number of hydrogen-bond donors (Lipinski definition) is 0. The van der Waals surface area contributed by atoms with E-state index in [0.29, 0.717) is 47.1 Å². The van der Waals surface area contributed by atoms with Gasteiger partial charge in [0.15, 0.2) is 0 Å². The minimum Gasteiger partial charge on any atom is -0.299 e. The Hall–Kier alpha value is -1.18. The molecule has 0 aromatic carbocycles. The zero-order valence-corrected chi connectivity index (χ0v) is 11.3. The van der Waals surface area contributed by atoms with E-state index in [2.05, 4.69) is 24.3 Å². The zero-order chi connectivity index (χ0) is 13.2. The SMILES string of the molecule is O=C1[C@@H]2[C@H]([C@@H]3C(=O)[C@H]4[C@H]([C@@H]13)[C@H]1C=C[C@@H]4C1)[C@H]1C=C[C@H]2C1. The van der Waals surface area contributed by atoms with E-state index in [0.717, 1.165) is 12.8 Å². The van der Waals surface area contributed by atoms with Gasteiger partial charge < -0.3 is 0 Å². The van der Waals surface area contributed by atoms with Crippen LogP contribution in [0.2, 0.25) is 0 Å². The molecule has 6 aliphatic carbocycles. The topological polar surface area (TPSA) is 34.1 Å². The molecule has 0 aliphatic heterocycles. The van der Waals surface area contributed by atoms with Gasteiger partial charge in [0, 0.05) is 23.7 Å². The van der Waals surface area contributed by atoms with Crippen LogP contribution >= 0.6 is 0 Å². The summed E-state index contributed by atoms with van der Waals surface area (Å²) in [5.74, 6) is 4.25. The highest BCUT2D eigenvalue weighted by Gasteiger charge is 2.71. The van der Waals surface area contributed by atoms with Crippen LogP contribution in [0.5, 0.6) is 0 Å². The second-order valence-electron chi connectivity index (χ2n) is 7.96. The molecule has 20 heavy (non-hydrogen) atoms. The number of carbonyl (C=O) groups is 2. The van der Waals surface area contributed by atoms with Gasteiger partial charge in [-0.25, -0.2) is 0 Å². The molecule has 0 unspecified atom stereocenters. The van der Waals surface area contributed by atoms with Crippen LogP contribution in [-0.2, 0) is 9.59 Å². The lowest BCUT2D eigenvalue weighted by Crippen LogP contribution is -2.30. The molecule has 0 aromatic rings. The number of hydrogen-bond acceptors (Lipinski definition) is 2. The Balaban J connectivity index is 1.51. The summed E-state index contributed by atoms with van der Waals surface area (Å²) in [7, 11) is 0. The standard InChI is InChI=1S/C18H18O2/c19-17-13-9-3-1-7(5-9)11(13)15-16(17)12-8-2-4-10(6-8)14(12)18(15)20/h1-4,7-16H,5-6H2/t7-,8-,9-,10+,11+,12+,13-,14+,15-,16+/m0/s1. The fourth-order valence-corrected chi connectivity index (χ4v) is 7.16. The van der Waals surface area contributed by atoms with Crippen molar-refractivity contribution in [3.8, 4) is 0 Å². The average Bonchev–Trinajstić information content (AvgIpc) is 3.21. The Morgan fingerprint density at radius 3 is 1.45 bits per heavy atom. The molecule has 0 amide bonds. The largest absolute Gasteiger partial charge is 0.299 e. The zero-order valence-electron chi connectivity index (χ0n) is 11.3. The van der Waals surface area contributed by atoms with Gasteiger partial charge in [-0.05, 0) is 48.3 Å². The van der Waals surface area contributed by atoms with Gasteiger partial charge in [0.05, 0.1) is 0 Å². The van der Waals surface area contributed by atoms with Gasteiger partial charge >= 0.3 is 0 Å². The third kappa shape index (κ3) is 0.889. The first-order valence-electron chi connectivity index (χ1n) is 8.20. The third-order valence-electron chi connectivity index (χ3n) is 7.57. The maximum absolute atomic E-state index is 13.0. The van der Waals surface area contributed by atoms with Crippen molar-refractivity contribution in [3.63, 3.8) is 0 Å². The summed E-state index contributed by atoms with van der Waals surface area (Å²) >= 11 is 0. The Kier molecular flexibility index (Phi) is 1.59. The minimum absolute atomic E-state index is 0.0904. The summed E-state index contributed by atoms with van der Waals surface area (Å²) in [6, 6.07) is 0. The van der Waals surface area contributed by atoms with Crippen molar-refractivity contribution in [3.05, 3.63) is 24.3 Å². The van der Waals surface area contributed by atoms with E-state index in [-0.39, 0.29) is 23.7 Å². The van der Waals surface area contributed by atoms with Crippen LogP contribution in [0.15, 0.2) is 24.3 Å². The highest BCUT2D eigenvalue weighted by Crippen LogP contribution is 2.68. The Labute approximate surface area is 118 Å². The number of ketones is 2. The maximum atomic E-state index is 13.0. The molecule has 0 saturated heterocycles. The maximum Gasteiger partial charge on any atom is 0.141 e. The van der Waals surface area contributed by atoms with Crippen LogP contribution in [0.1, 0.15) is 12.8 Å². The lowest BCUT2D eigenvalue weighted by atomic mass is 9.77. The second kappa shape index (κ2) is 3.03. The summed E-state index contributed by atoms with van der Waals surface area (Å²) in [6.07, 6.45) is 11.4.